The first-order valence-corrected chi connectivity index (χ1v) is 11.9. The van der Waals surface area contributed by atoms with E-state index >= 15 is 0 Å². The molecule has 5 heteroatoms. The molecule has 2 N–H and O–H groups in total. The molecule has 32 heavy (non-hydrogen) atoms. The Morgan fingerprint density at radius 3 is 2.09 bits per heavy atom. The number of aliphatic carboxylic acids is 1. The summed E-state index contributed by atoms with van der Waals surface area (Å²) in [7, 11) is 0. The molecule has 4 saturated carbocycles. The van der Waals surface area contributed by atoms with Crippen LogP contribution in [0.2, 0.25) is 0 Å². The highest BCUT2D eigenvalue weighted by Crippen LogP contribution is 2.79. The lowest BCUT2D eigenvalue weighted by Crippen LogP contribution is -2.73. The molecular weight excluding hydrogens is 402 g/mol. The molecule has 7 rings (SSSR count). The summed E-state index contributed by atoms with van der Waals surface area (Å²) in [5, 5.41) is 12.6. The van der Waals surface area contributed by atoms with Crippen molar-refractivity contribution in [3.05, 3.63) is 59.7 Å². The van der Waals surface area contributed by atoms with Gasteiger partial charge < -0.3 is 15.2 Å². The van der Waals surface area contributed by atoms with Gasteiger partial charge in [0.05, 0.1) is 0 Å². The van der Waals surface area contributed by atoms with Crippen molar-refractivity contribution in [2.75, 3.05) is 6.61 Å². The van der Waals surface area contributed by atoms with E-state index in [2.05, 4.69) is 29.6 Å². The Morgan fingerprint density at radius 1 is 0.969 bits per heavy atom. The third kappa shape index (κ3) is 2.83. The van der Waals surface area contributed by atoms with Crippen LogP contribution in [0.25, 0.3) is 11.1 Å². The lowest BCUT2D eigenvalue weighted by Gasteiger charge is -2.74. The second kappa shape index (κ2) is 7.09. The van der Waals surface area contributed by atoms with Crippen LogP contribution in [0.1, 0.15) is 62.0 Å². The Labute approximate surface area is 188 Å². The molecule has 0 aliphatic heterocycles. The van der Waals surface area contributed by atoms with E-state index in [0.29, 0.717) is 5.41 Å². The average Bonchev–Trinajstić information content (AvgIpc) is 3.36. The standard InChI is InChI=1S/C27H29NO4/c29-24(30)23(27-14-26(15-27,16-27)17-7-1-2-8-17)28-25(31)32-13-22-20-11-5-3-9-18(20)19-10-4-6-12-21(19)22/h3-6,9-12,17,22-23H,1-2,7-8,13-16H2,(H,28,31)(H,29,30). The Hall–Kier alpha value is -2.82. The zero-order valence-corrected chi connectivity index (χ0v) is 18.2. The number of hydrogen-bond acceptors (Lipinski definition) is 3. The van der Waals surface area contributed by atoms with Gasteiger partial charge in [0.2, 0.25) is 0 Å². The maximum Gasteiger partial charge on any atom is 0.407 e. The fourth-order valence-corrected chi connectivity index (χ4v) is 7.46. The van der Waals surface area contributed by atoms with Crippen molar-refractivity contribution >= 4 is 12.1 Å². The van der Waals surface area contributed by atoms with Crippen molar-refractivity contribution in [3.63, 3.8) is 0 Å². The number of amides is 1. The molecule has 166 valence electrons. The topological polar surface area (TPSA) is 75.6 Å². The van der Waals surface area contributed by atoms with Crippen LogP contribution in [0.5, 0.6) is 0 Å². The van der Waals surface area contributed by atoms with Crippen LogP contribution in [0.4, 0.5) is 4.79 Å². The minimum atomic E-state index is -0.946. The van der Waals surface area contributed by atoms with E-state index in [1.165, 1.54) is 36.8 Å². The Balaban J connectivity index is 1.12. The van der Waals surface area contributed by atoms with E-state index in [1.807, 2.05) is 24.3 Å². The molecule has 0 aromatic heterocycles. The molecule has 0 heterocycles. The largest absolute Gasteiger partial charge is 0.480 e. The van der Waals surface area contributed by atoms with Crippen molar-refractivity contribution in [2.45, 2.75) is 56.9 Å². The number of hydrogen-bond donors (Lipinski definition) is 2. The van der Waals surface area contributed by atoms with E-state index in [1.54, 1.807) is 0 Å². The SMILES string of the molecule is O=C(NC(C(=O)O)C12CC(C3CCCC3)(C1)C2)OCC1c2ccccc2-c2ccccc21. The molecule has 2 aromatic carbocycles. The second-order valence-electron chi connectivity index (χ2n) is 10.5. The summed E-state index contributed by atoms with van der Waals surface area (Å²) in [6, 6.07) is 15.5. The van der Waals surface area contributed by atoms with Gasteiger partial charge in [-0.05, 0) is 65.7 Å². The normalized spacial score (nSPS) is 28.8. The van der Waals surface area contributed by atoms with Gasteiger partial charge in [-0.15, -0.1) is 0 Å². The Bertz CT molecular complexity index is 1020. The van der Waals surface area contributed by atoms with Crippen LogP contribution in [-0.2, 0) is 9.53 Å². The van der Waals surface area contributed by atoms with E-state index in [4.69, 9.17) is 4.74 Å². The number of carboxylic acid groups (broad SMARTS) is 1. The van der Waals surface area contributed by atoms with Crippen molar-refractivity contribution in [1.82, 2.24) is 5.32 Å². The number of fused-ring (bicyclic) bond motifs is 3. The zero-order chi connectivity index (χ0) is 21.9. The molecular formula is C27H29NO4. The molecule has 0 saturated heterocycles. The molecule has 1 atom stereocenters. The van der Waals surface area contributed by atoms with E-state index < -0.39 is 18.1 Å². The van der Waals surface area contributed by atoms with Gasteiger partial charge >= 0.3 is 12.1 Å². The summed E-state index contributed by atoms with van der Waals surface area (Å²) in [5.41, 5.74) is 4.72. The van der Waals surface area contributed by atoms with Gasteiger partial charge in [-0.1, -0.05) is 61.4 Å². The van der Waals surface area contributed by atoms with Gasteiger partial charge in [0, 0.05) is 11.3 Å². The number of nitrogens with one attached hydrogen (secondary N) is 1. The summed E-state index contributed by atoms with van der Waals surface area (Å²) < 4.78 is 5.61. The third-order valence-corrected chi connectivity index (χ3v) is 8.80. The number of carboxylic acids is 1. The molecule has 2 aromatic rings. The number of carbonyl (C=O) groups excluding carboxylic acids is 1. The van der Waals surface area contributed by atoms with Gasteiger partial charge in [0.25, 0.3) is 0 Å². The molecule has 0 radical (unpaired) electrons. The average molecular weight is 432 g/mol. The molecule has 5 aliphatic carbocycles. The van der Waals surface area contributed by atoms with E-state index in [9.17, 15) is 14.7 Å². The zero-order valence-electron chi connectivity index (χ0n) is 18.2. The van der Waals surface area contributed by atoms with Gasteiger partial charge in [-0.3, -0.25) is 0 Å². The van der Waals surface area contributed by atoms with Crippen LogP contribution in [0.3, 0.4) is 0 Å². The van der Waals surface area contributed by atoms with Gasteiger partial charge in [-0.2, -0.15) is 0 Å². The molecule has 5 nitrogen and oxygen atoms in total. The predicted molar refractivity (Wildman–Crippen MR) is 120 cm³/mol. The van der Waals surface area contributed by atoms with Crippen LogP contribution >= 0.6 is 0 Å². The number of rotatable bonds is 6. The summed E-state index contributed by atoms with van der Waals surface area (Å²) in [6.07, 6.45) is 7.36. The fourth-order valence-electron chi connectivity index (χ4n) is 7.46. The highest BCUT2D eigenvalue weighted by atomic mass is 16.5. The lowest BCUT2D eigenvalue weighted by atomic mass is 9.30. The van der Waals surface area contributed by atoms with Crippen LogP contribution < -0.4 is 5.32 Å². The van der Waals surface area contributed by atoms with Crippen molar-refractivity contribution in [1.29, 1.82) is 0 Å². The van der Waals surface area contributed by atoms with Gasteiger partial charge in [-0.25, -0.2) is 9.59 Å². The summed E-state index contributed by atoms with van der Waals surface area (Å²) >= 11 is 0. The van der Waals surface area contributed by atoms with Crippen molar-refractivity contribution < 1.29 is 19.4 Å². The number of ether oxygens (including phenoxy) is 1. The minimum absolute atomic E-state index is 0.0305. The molecule has 1 amide bonds. The number of carbonyl (C=O) groups is 2. The highest BCUT2D eigenvalue weighted by molar-refractivity contribution is 5.82. The van der Waals surface area contributed by atoms with Gasteiger partial charge in [0.1, 0.15) is 12.6 Å². The third-order valence-electron chi connectivity index (χ3n) is 8.80. The van der Waals surface area contributed by atoms with Crippen molar-refractivity contribution in [2.24, 2.45) is 16.7 Å². The predicted octanol–water partition coefficient (Wildman–Crippen LogP) is 5.34. The fraction of sp³-hybridized carbons (Fsp3) is 0.481. The van der Waals surface area contributed by atoms with Crippen LogP contribution in [-0.4, -0.2) is 29.8 Å². The second-order valence-corrected chi connectivity index (χ2v) is 10.5. The summed E-state index contributed by atoms with van der Waals surface area (Å²) in [4.78, 5) is 24.7. The van der Waals surface area contributed by atoms with Crippen LogP contribution in [0, 0.1) is 16.7 Å². The number of benzene rings is 2. The first-order chi connectivity index (χ1) is 15.5. The summed E-state index contributed by atoms with van der Waals surface area (Å²) in [5.74, 6) is -0.219. The summed E-state index contributed by atoms with van der Waals surface area (Å²) in [6.45, 7) is 0.200. The maximum atomic E-state index is 12.7. The van der Waals surface area contributed by atoms with Gasteiger partial charge in [0.15, 0.2) is 0 Å². The number of alkyl carbamates (subject to hydrolysis) is 1. The molecule has 2 bridgehead atoms. The van der Waals surface area contributed by atoms with E-state index in [-0.39, 0.29) is 17.9 Å². The van der Waals surface area contributed by atoms with E-state index in [0.717, 1.165) is 36.3 Å². The Morgan fingerprint density at radius 2 is 1.53 bits per heavy atom. The maximum absolute atomic E-state index is 12.7. The molecule has 1 unspecified atom stereocenters. The smallest absolute Gasteiger partial charge is 0.407 e. The quantitative estimate of drug-likeness (QED) is 0.647. The highest BCUT2D eigenvalue weighted by Gasteiger charge is 2.74. The molecule has 0 spiro atoms. The Kier molecular flexibility index (Phi) is 4.40. The van der Waals surface area contributed by atoms with Crippen molar-refractivity contribution in [3.8, 4) is 11.1 Å². The first kappa shape index (κ1) is 19.8. The molecule has 5 aliphatic rings. The minimum Gasteiger partial charge on any atom is -0.480 e. The first-order valence-electron chi connectivity index (χ1n) is 11.9. The van der Waals surface area contributed by atoms with Crippen LogP contribution in [0.15, 0.2) is 48.5 Å². The molecule has 4 fully saturated rings. The monoisotopic (exact) mass is 431 g/mol. The lowest BCUT2D eigenvalue weighted by molar-refractivity contribution is -0.249.